The van der Waals surface area contributed by atoms with E-state index in [1.807, 2.05) is 0 Å². The average Bonchev–Trinajstić information content (AvgIpc) is 2.78. The number of nitrogens with zero attached hydrogens (tertiary/aromatic N) is 1. The minimum atomic E-state index is 0.821. The van der Waals surface area contributed by atoms with E-state index in [1.54, 1.807) is 0 Å². The number of rotatable bonds is 26. The Balaban J connectivity index is 3.45. The number of unbranched alkanes of at least 4 members (excludes halogenated alkanes) is 21. The van der Waals surface area contributed by atoms with Crippen molar-refractivity contribution in [1.82, 2.24) is 0 Å². The highest BCUT2D eigenvalue weighted by Crippen LogP contribution is 2.18. The second-order valence-electron chi connectivity index (χ2n) is 11.6. The molecule has 0 amide bonds. The summed E-state index contributed by atoms with van der Waals surface area (Å²) in [6.07, 6.45) is 34.9. The van der Waals surface area contributed by atoms with Gasteiger partial charge in [0.25, 0.3) is 0 Å². The summed E-state index contributed by atoms with van der Waals surface area (Å²) in [5, 5.41) is 0. The molecule has 0 saturated heterocycles. The summed E-state index contributed by atoms with van der Waals surface area (Å²) in [6.45, 7) is 8.48. The molecule has 0 aromatic rings. The molecule has 0 rings (SSSR count). The van der Waals surface area contributed by atoms with Gasteiger partial charge in [0.2, 0.25) is 0 Å². The summed E-state index contributed by atoms with van der Waals surface area (Å²) < 4.78 is 1.23. The van der Waals surface area contributed by atoms with Crippen LogP contribution in [-0.4, -0.2) is 31.2 Å². The lowest BCUT2D eigenvalue weighted by atomic mass is 10.0. The lowest BCUT2D eigenvalue weighted by molar-refractivity contribution is -0.913. The van der Waals surface area contributed by atoms with Crippen LogP contribution in [0.3, 0.4) is 0 Å². The van der Waals surface area contributed by atoms with Crippen molar-refractivity contribution >= 4 is 0 Å². The van der Waals surface area contributed by atoms with Crippen LogP contribution in [0, 0.1) is 0 Å². The van der Waals surface area contributed by atoms with Crippen LogP contribution in [0.4, 0.5) is 0 Å². The normalized spacial score (nSPS) is 13.0. The van der Waals surface area contributed by atoms with Gasteiger partial charge in [0, 0.05) is 0 Å². The first-order valence-corrected chi connectivity index (χ1v) is 15.4. The van der Waals surface area contributed by atoms with Gasteiger partial charge in [-0.15, -0.1) is 0 Å². The van der Waals surface area contributed by atoms with Crippen LogP contribution in [-0.2, 0) is 0 Å². The molecule has 0 aromatic heterocycles. The van der Waals surface area contributed by atoms with Crippen molar-refractivity contribution in [3.8, 4) is 0 Å². The van der Waals surface area contributed by atoms with Gasteiger partial charge in [0.1, 0.15) is 0 Å². The summed E-state index contributed by atoms with van der Waals surface area (Å²) in [7, 11) is 4.95. The van der Waals surface area contributed by atoms with Crippen molar-refractivity contribution in [3.63, 3.8) is 0 Å². The van der Waals surface area contributed by atoms with Crippen molar-refractivity contribution in [2.75, 3.05) is 20.6 Å². The van der Waals surface area contributed by atoms with Crippen molar-refractivity contribution < 1.29 is 4.48 Å². The molecule has 0 aliphatic carbocycles. The molecular weight excluding hydrogens is 386 g/mol. The fourth-order valence-electron chi connectivity index (χ4n) is 5.03. The Morgan fingerprint density at radius 1 is 0.406 bits per heavy atom. The van der Waals surface area contributed by atoms with E-state index < -0.39 is 0 Å². The highest BCUT2D eigenvalue weighted by Gasteiger charge is 2.22. The van der Waals surface area contributed by atoms with Gasteiger partial charge in [-0.25, -0.2) is 0 Å². The third-order valence-electron chi connectivity index (χ3n) is 8.01. The van der Waals surface area contributed by atoms with Crippen molar-refractivity contribution in [2.45, 2.75) is 181 Å². The summed E-state index contributed by atoms with van der Waals surface area (Å²) >= 11 is 0. The maximum Gasteiger partial charge on any atom is 0.0857 e. The zero-order valence-electron chi connectivity index (χ0n) is 23.7. The Labute approximate surface area is 206 Å². The van der Waals surface area contributed by atoms with Gasteiger partial charge in [0.05, 0.1) is 26.7 Å². The van der Waals surface area contributed by atoms with Crippen LogP contribution < -0.4 is 0 Å². The molecule has 32 heavy (non-hydrogen) atoms. The first-order valence-electron chi connectivity index (χ1n) is 15.4. The molecule has 0 aromatic carbocycles. The molecule has 0 fully saturated rings. The van der Waals surface area contributed by atoms with Crippen molar-refractivity contribution in [3.05, 3.63) is 0 Å². The average molecular weight is 453 g/mol. The fraction of sp³-hybridized carbons (Fsp3) is 1.00. The molecule has 0 heterocycles. The molecule has 1 atom stereocenters. The van der Waals surface area contributed by atoms with E-state index in [1.165, 1.54) is 165 Å². The Bertz CT molecular complexity index is 348. The summed E-state index contributed by atoms with van der Waals surface area (Å²) in [5.74, 6) is 0. The Hall–Kier alpha value is -0.0400. The van der Waals surface area contributed by atoms with Gasteiger partial charge >= 0.3 is 0 Å². The van der Waals surface area contributed by atoms with E-state index in [2.05, 4.69) is 34.9 Å². The lowest BCUT2D eigenvalue weighted by Gasteiger charge is -2.36. The minimum absolute atomic E-state index is 0.821. The second-order valence-corrected chi connectivity index (χ2v) is 11.6. The van der Waals surface area contributed by atoms with Gasteiger partial charge < -0.3 is 4.48 Å². The smallest absolute Gasteiger partial charge is 0.0857 e. The Morgan fingerprint density at radius 2 is 0.688 bits per heavy atom. The monoisotopic (exact) mass is 453 g/mol. The molecule has 0 aliphatic heterocycles. The summed E-state index contributed by atoms with van der Waals surface area (Å²) in [6, 6.07) is 0.821. The zero-order chi connectivity index (χ0) is 23.8. The second kappa shape index (κ2) is 24.1. The number of quaternary nitrogens is 1. The van der Waals surface area contributed by atoms with E-state index in [0.29, 0.717) is 0 Å². The quantitative estimate of drug-likeness (QED) is 0.0903. The lowest BCUT2D eigenvalue weighted by Crippen LogP contribution is -2.47. The van der Waals surface area contributed by atoms with Crippen LogP contribution >= 0.6 is 0 Å². The molecule has 0 aliphatic rings. The van der Waals surface area contributed by atoms with Crippen LogP contribution in [0.5, 0.6) is 0 Å². The maximum absolute atomic E-state index is 2.50. The number of hydrogen-bond acceptors (Lipinski definition) is 0. The summed E-state index contributed by atoms with van der Waals surface area (Å²) in [4.78, 5) is 0. The molecule has 1 heteroatoms. The first kappa shape index (κ1) is 32.0. The molecule has 0 saturated carbocycles. The Kier molecular flexibility index (Phi) is 24.1. The van der Waals surface area contributed by atoms with Crippen LogP contribution in [0.2, 0.25) is 0 Å². The van der Waals surface area contributed by atoms with Gasteiger partial charge in [0.15, 0.2) is 0 Å². The molecule has 0 N–H and O–H groups in total. The molecule has 0 radical (unpaired) electrons. The van der Waals surface area contributed by atoms with Gasteiger partial charge in [-0.1, -0.05) is 142 Å². The first-order chi connectivity index (χ1) is 15.5. The highest BCUT2D eigenvalue weighted by atomic mass is 15.3. The molecule has 1 nitrogen and oxygen atoms in total. The van der Waals surface area contributed by atoms with Gasteiger partial charge in [-0.3, -0.25) is 0 Å². The van der Waals surface area contributed by atoms with E-state index >= 15 is 0 Å². The highest BCUT2D eigenvalue weighted by molar-refractivity contribution is 4.55. The predicted molar refractivity (Wildman–Crippen MR) is 149 cm³/mol. The largest absolute Gasteiger partial charge is 0.326 e. The van der Waals surface area contributed by atoms with E-state index in [-0.39, 0.29) is 0 Å². The van der Waals surface area contributed by atoms with Crippen LogP contribution in [0.15, 0.2) is 0 Å². The molecular formula is C31H66N+. The van der Waals surface area contributed by atoms with Gasteiger partial charge in [-0.05, 0) is 32.6 Å². The third kappa shape index (κ3) is 21.8. The zero-order valence-corrected chi connectivity index (χ0v) is 23.7. The van der Waals surface area contributed by atoms with Crippen molar-refractivity contribution in [1.29, 1.82) is 0 Å². The van der Waals surface area contributed by atoms with Gasteiger partial charge in [-0.2, -0.15) is 0 Å². The van der Waals surface area contributed by atoms with Crippen LogP contribution in [0.25, 0.3) is 0 Å². The SMILES string of the molecule is CCCCCCCCCCCCCCCC(C)[N+](C)(C)CCCCCCCCCCCC. The van der Waals surface area contributed by atoms with Crippen molar-refractivity contribution in [2.24, 2.45) is 0 Å². The standard InChI is InChI=1S/C31H66N/c1-6-8-10-12-14-16-18-19-20-21-23-25-27-29-31(3)32(4,5)30-28-26-24-22-17-15-13-11-9-7-2/h31H,6-30H2,1-5H3/q+1. The minimum Gasteiger partial charge on any atom is -0.326 e. The van der Waals surface area contributed by atoms with Crippen LogP contribution in [0.1, 0.15) is 175 Å². The van der Waals surface area contributed by atoms with E-state index in [0.717, 1.165) is 6.04 Å². The third-order valence-corrected chi connectivity index (χ3v) is 8.01. The Morgan fingerprint density at radius 3 is 1.03 bits per heavy atom. The van der Waals surface area contributed by atoms with E-state index in [4.69, 9.17) is 0 Å². The topological polar surface area (TPSA) is 0 Å². The molecule has 0 spiro atoms. The molecule has 194 valence electrons. The molecule has 0 bridgehead atoms. The fourth-order valence-corrected chi connectivity index (χ4v) is 5.03. The predicted octanol–water partition coefficient (Wildman–Crippen LogP) is 10.9. The molecule has 1 unspecified atom stereocenters. The maximum atomic E-state index is 2.50. The van der Waals surface area contributed by atoms with E-state index in [9.17, 15) is 0 Å². The number of hydrogen-bond donors (Lipinski definition) is 0. The summed E-state index contributed by atoms with van der Waals surface area (Å²) in [5.41, 5.74) is 0.